The zero-order chi connectivity index (χ0) is 23.2. The van der Waals surface area contributed by atoms with Gasteiger partial charge in [-0.3, -0.25) is 9.88 Å². The number of pyridine rings is 2. The van der Waals surface area contributed by atoms with Crippen molar-refractivity contribution in [3.63, 3.8) is 0 Å². The molecule has 2 fully saturated rings. The van der Waals surface area contributed by atoms with Crippen molar-refractivity contribution in [2.75, 3.05) is 13.1 Å². The Morgan fingerprint density at radius 3 is 2.69 bits per heavy atom. The van der Waals surface area contributed by atoms with E-state index < -0.39 is 0 Å². The molecule has 2 aliphatic rings. The molecule has 10 heteroatoms. The molecule has 7 rings (SSSR count). The highest BCUT2D eigenvalue weighted by Gasteiger charge is 2.42. The zero-order valence-electron chi connectivity index (χ0n) is 19.4. The topological polar surface area (TPSA) is 94.8 Å². The summed E-state index contributed by atoms with van der Waals surface area (Å²) >= 11 is 0. The van der Waals surface area contributed by atoms with Crippen LogP contribution in [0.4, 0.5) is 0 Å². The Hall–Kier alpha value is -3.92. The predicted molar refractivity (Wildman–Crippen MR) is 129 cm³/mol. The lowest BCUT2D eigenvalue weighted by molar-refractivity contribution is 0.137. The van der Waals surface area contributed by atoms with E-state index in [4.69, 9.17) is 4.98 Å². The molecule has 0 atom stereocenters. The third-order valence-corrected chi connectivity index (χ3v) is 7.43. The van der Waals surface area contributed by atoms with E-state index in [2.05, 4.69) is 59.3 Å². The Morgan fingerprint density at radius 1 is 0.943 bits per heavy atom. The lowest BCUT2D eigenvalue weighted by Gasteiger charge is -2.38. The van der Waals surface area contributed by atoms with Crippen LogP contribution in [-0.2, 0) is 13.1 Å². The van der Waals surface area contributed by atoms with Gasteiger partial charge in [0.2, 0.25) is 0 Å². The maximum absolute atomic E-state index is 4.78. The Kier molecular flexibility index (Phi) is 4.73. The number of likely N-dealkylation sites (tertiary alicyclic amines) is 1. The van der Waals surface area contributed by atoms with Crippen LogP contribution in [0.15, 0.2) is 61.6 Å². The molecule has 0 unspecified atom stereocenters. The van der Waals surface area contributed by atoms with Crippen molar-refractivity contribution in [3.8, 4) is 16.9 Å². The highest BCUT2D eigenvalue weighted by atomic mass is 15.5. The summed E-state index contributed by atoms with van der Waals surface area (Å²) in [5.41, 5.74) is 6.24. The van der Waals surface area contributed by atoms with Crippen LogP contribution in [0, 0.1) is 5.41 Å². The molecule has 5 aromatic rings. The fourth-order valence-corrected chi connectivity index (χ4v) is 5.47. The number of hydrogen-bond acceptors (Lipinski definition) is 7. The summed E-state index contributed by atoms with van der Waals surface area (Å²) in [6.45, 7) is 4.04. The van der Waals surface area contributed by atoms with E-state index in [-0.39, 0.29) is 0 Å². The van der Waals surface area contributed by atoms with Gasteiger partial charge in [-0.1, -0.05) is 17.7 Å². The quantitative estimate of drug-likeness (QED) is 0.380. The van der Waals surface area contributed by atoms with Gasteiger partial charge in [-0.2, -0.15) is 15.0 Å². The van der Waals surface area contributed by atoms with Crippen LogP contribution >= 0.6 is 0 Å². The molecule has 1 saturated heterocycles. The molecule has 6 heterocycles. The molecule has 0 bridgehead atoms. The molecular formula is C25H26N10. The van der Waals surface area contributed by atoms with Crippen LogP contribution in [0.1, 0.15) is 36.9 Å². The second-order valence-electron chi connectivity index (χ2n) is 9.90. The highest BCUT2D eigenvalue weighted by Crippen LogP contribution is 2.48. The van der Waals surface area contributed by atoms with Gasteiger partial charge in [-0.25, -0.2) is 9.67 Å². The maximum atomic E-state index is 4.78. The fraction of sp³-hybridized carbons (Fsp3) is 0.360. The summed E-state index contributed by atoms with van der Waals surface area (Å²) in [6.07, 6.45) is 18.6. The second kappa shape index (κ2) is 8.09. The molecule has 0 amide bonds. The van der Waals surface area contributed by atoms with Gasteiger partial charge >= 0.3 is 0 Å². The van der Waals surface area contributed by atoms with E-state index in [9.17, 15) is 0 Å². The summed E-state index contributed by atoms with van der Waals surface area (Å²) in [4.78, 5) is 13.2. The Morgan fingerprint density at radius 2 is 1.86 bits per heavy atom. The molecule has 0 aromatic carbocycles. The molecular weight excluding hydrogens is 440 g/mol. The largest absolute Gasteiger partial charge is 0.306 e. The summed E-state index contributed by atoms with van der Waals surface area (Å²) in [7, 11) is 0. The van der Waals surface area contributed by atoms with Crippen molar-refractivity contribution < 1.29 is 0 Å². The second-order valence-corrected chi connectivity index (χ2v) is 9.90. The predicted octanol–water partition coefficient (Wildman–Crippen LogP) is 2.99. The van der Waals surface area contributed by atoms with Crippen molar-refractivity contribution in [1.29, 1.82) is 0 Å². The van der Waals surface area contributed by atoms with E-state index in [1.807, 2.05) is 12.3 Å². The minimum absolute atomic E-state index is 0.548. The lowest BCUT2D eigenvalue weighted by Crippen LogP contribution is -2.32. The van der Waals surface area contributed by atoms with E-state index in [1.165, 1.54) is 49.1 Å². The van der Waals surface area contributed by atoms with Crippen LogP contribution in [0.25, 0.3) is 22.6 Å². The summed E-state index contributed by atoms with van der Waals surface area (Å²) < 4.78 is 3.93. The average Bonchev–Trinajstić information content (AvgIpc) is 3.64. The molecule has 176 valence electrons. The number of hydrogen-bond donors (Lipinski definition) is 0. The molecule has 1 saturated carbocycles. The van der Waals surface area contributed by atoms with Crippen LogP contribution in [0.5, 0.6) is 0 Å². The number of imidazole rings is 1. The van der Waals surface area contributed by atoms with E-state index in [0.717, 1.165) is 34.8 Å². The fourth-order valence-electron chi connectivity index (χ4n) is 5.47. The molecule has 5 aromatic heterocycles. The van der Waals surface area contributed by atoms with Crippen molar-refractivity contribution in [1.82, 2.24) is 49.3 Å². The Balaban J connectivity index is 1.06. The standard InChI is InChI=1S/C25H26N10/c1-4-25(5-1)6-9-32(18-25)13-19-2-3-24-29-21(15-33(24)14-19)16-34-17-23(30-31-34)20-10-22(12-26-11-20)35-27-7-8-28-35/h2-3,7-8,10-12,14-15,17H,1,4-6,9,13,16,18H2. The van der Waals surface area contributed by atoms with Crippen LogP contribution < -0.4 is 0 Å². The molecule has 0 radical (unpaired) electrons. The maximum Gasteiger partial charge on any atom is 0.137 e. The first-order chi connectivity index (χ1) is 17.2. The average molecular weight is 467 g/mol. The van der Waals surface area contributed by atoms with E-state index >= 15 is 0 Å². The molecule has 35 heavy (non-hydrogen) atoms. The van der Waals surface area contributed by atoms with Crippen LogP contribution in [0.3, 0.4) is 0 Å². The summed E-state index contributed by atoms with van der Waals surface area (Å²) in [6, 6.07) is 6.27. The SMILES string of the molecule is c1cnn(-c2cncc(-c3cn(Cc4cn5cc(CN6CCC7(CCC7)C6)ccc5n4)nn3)c2)n1. The van der Waals surface area contributed by atoms with Gasteiger partial charge in [0.1, 0.15) is 17.0 Å². The van der Waals surface area contributed by atoms with Crippen molar-refractivity contribution in [2.24, 2.45) is 5.41 Å². The minimum atomic E-state index is 0.548. The molecule has 1 spiro atoms. The number of aromatic nitrogens is 9. The van der Waals surface area contributed by atoms with Gasteiger partial charge in [0.05, 0.1) is 37.0 Å². The van der Waals surface area contributed by atoms with Crippen LogP contribution in [0.2, 0.25) is 0 Å². The smallest absolute Gasteiger partial charge is 0.137 e. The third-order valence-electron chi connectivity index (χ3n) is 7.43. The highest BCUT2D eigenvalue weighted by molar-refractivity contribution is 5.59. The molecule has 0 N–H and O–H groups in total. The van der Waals surface area contributed by atoms with E-state index in [0.29, 0.717) is 12.0 Å². The summed E-state index contributed by atoms with van der Waals surface area (Å²) in [5, 5.41) is 17.0. The van der Waals surface area contributed by atoms with Gasteiger partial charge in [-0.15, -0.1) is 5.10 Å². The van der Waals surface area contributed by atoms with Crippen molar-refractivity contribution in [2.45, 2.75) is 38.8 Å². The minimum Gasteiger partial charge on any atom is -0.306 e. The normalized spacial score (nSPS) is 17.4. The first-order valence-corrected chi connectivity index (χ1v) is 12.1. The van der Waals surface area contributed by atoms with Gasteiger partial charge in [0.25, 0.3) is 0 Å². The van der Waals surface area contributed by atoms with E-state index in [1.54, 1.807) is 29.5 Å². The summed E-state index contributed by atoms with van der Waals surface area (Å²) in [5.74, 6) is 0. The van der Waals surface area contributed by atoms with Gasteiger partial charge in [-0.05, 0) is 48.9 Å². The van der Waals surface area contributed by atoms with Gasteiger partial charge < -0.3 is 4.40 Å². The number of fused-ring (bicyclic) bond motifs is 1. The monoisotopic (exact) mass is 466 g/mol. The third kappa shape index (κ3) is 3.89. The van der Waals surface area contributed by atoms with Gasteiger partial charge in [0, 0.05) is 37.2 Å². The lowest BCUT2D eigenvalue weighted by atomic mass is 9.68. The first kappa shape index (κ1) is 20.5. The first-order valence-electron chi connectivity index (χ1n) is 12.1. The molecule has 1 aliphatic carbocycles. The molecule has 1 aliphatic heterocycles. The van der Waals surface area contributed by atoms with Crippen molar-refractivity contribution >= 4 is 5.65 Å². The Labute approximate surface area is 202 Å². The van der Waals surface area contributed by atoms with Crippen molar-refractivity contribution in [3.05, 3.63) is 72.8 Å². The number of rotatable bonds is 6. The van der Waals surface area contributed by atoms with Crippen LogP contribution in [-0.4, -0.2) is 62.3 Å². The van der Waals surface area contributed by atoms with Gasteiger partial charge in [0.15, 0.2) is 0 Å². The zero-order valence-corrected chi connectivity index (χ0v) is 19.4. The molecule has 10 nitrogen and oxygen atoms in total. The Bertz CT molecular complexity index is 1480. The number of nitrogens with zero attached hydrogens (tertiary/aromatic N) is 10.